The lowest BCUT2D eigenvalue weighted by molar-refractivity contribution is -0.140. The first kappa shape index (κ1) is 24.5. The number of rotatable bonds is 7. The molecular weight excluding hydrogens is 412 g/mol. The average Bonchev–Trinajstić information content (AvgIpc) is 2.93. The lowest BCUT2D eigenvalue weighted by atomic mass is 10.1. The van der Waals surface area contributed by atoms with Crippen molar-refractivity contribution >= 4 is 14.3 Å². The van der Waals surface area contributed by atoms with Crippen molar-refractivity contribution in [1.82, 2.24) is 9.55 Å². The Bertz CT molecular complexity index is 873. The number of carbonyl (C=O) groups is 1. The number of aromatic nitrogens is 2. The van der Waals surface area contributed by atoms with Crippen LogP contribution >= 0.6 is 0 Å². The summed E-state index contributed by atoms with van der Waals surface area (Å²) in [6, 6.07) is 0. The van der Waals surface area contributed by atoms with Gasteiger partial charge in [-0.1, -0.05) is 20.8 Å². The first-order valence-corrected chi connectivity index (χ1v) is 12.8. The molecule has 2 rings (SSSR count). The lowest BCUT2D eigenvalue weighted by Gasteiger charge is -2.37. The Kier molecular flexibility index (Phi) is 7.46. The van der Waals surface area contributed by atoms with Crippen LogP contribution in [0.15, 0.2) is 15.8 Å². The van der Waals surface area contributed by atoms with Crippen LogP contribution in [-0.4, -0.2) is 66.1 Å². The molecule has 1 aliphatic heterocycles. The van der Waals surface area contributed by atoms with E-state index in [1.165, 1.54) is 13.3 Å². The zero-order valence-corrected chi connectivity index (χ0v) is 19.3. The summed E-state index contributed by atoms with van der Waals surface area (Å²) in [5.74, 6) is -0.498. The molecule has 0 spiro atoms. The quantitative estimate of drug-likeness (QED) is 0.402. The Labute approximate surface area is 175 Å². The normalized spacial score (nSPS) is 24.8. The fourth-order valence-electron chi connectivity index (χ4n) is 2.84. The average molecular weight is 445 g/mol. The Balaban J connectivity index is 2.20. The second-order valence-electron chi connectivity index (χ2n) is 9.01. The van der Waals surface area contributed by atoms with E-state index in [9.17, 15) is 24.6 Å². The first-order chi connectivity index (χ1) is 13.8. The van der Waals surface area contributed by atoms with E-state index in [1.54, 1.807) is 0 Å². The molecule has 0 aliphatic carbocycles. The molecule has 3 N–H and O–H groups in total. The maximum atomic E-state index is 12.3. The van der Waals surface area contributed by atoms with E-state index in [4.69, 9.17) is 9.16 Å². The van der Waals surface area contributed by atoms with Gasteiger partial charge in [-0.2, -0.15) is 0 Å². The number of aryl methyl sites for hydroxylation is 1. The molecule has 0 saturated carbocycles. The number of esters is 1. The largest absolute Gasteiger partial charge is 0.469 e. The molecule has 0 unspecified atom stereocenters. The lowest BCUT2D eigenvalue weighted by Crippen LogP contribution is -2.44. The second-order valence-corrected chi connectivity index (χ2v) is 13.8. The van der Waals surface area contributed by atoms with Gasteiger partial charge in [0.1, 0.15) is 18.3 Å². The number of aliphatic hydroxyl groups is 2. The Morgan fingerprint density at radius 3 is 2.47 bits per heavy atom. The second kappa shape index (κ2) is 9.14. The molecule has 1 aliphatic rings. The summed E-state index contributed by atoms with van der Waals surface area (Å²) in [5, 5.41) is 20.8. The molecule has 2 heterocycles. The van der Waals surface area contributed by atoms with E-state index in [-0.39, 0.29) is 30.1 Å². The van der Waals surface area contributed by atoms with Crippen molar-refractivity contribution in [3.63, 3.8) is 0 Å². The van der Waals surface area contributed by atoms with E-state index in [0.29, 0.717) is 0 Å². The number of nitrogens with one attached hydrogen (secondary N) is 1. The van der Waals surface area contributed by atoms with Gasteiger partial charge >= 0.3 is 11.7 Å². The topological polar surface area (TPSA) is 140 Å². The number of methoxy groups -OCH3 is 1. The fraction of sp³-hybridized carbons (Fsp3) is 0.737. The van der Waals surface area contributed by atoms with Crippen LogP contribution in [0.5, 0.6) is 0 Å². The summed E-state index contributed by atoms with van der Waals surface area (Å²) in [5.41, 5.74) is -1.26. The van der Waals surface area contributed by atoms with Crippen molar-refractivity contribution in [2.45, 2.75) is 76.3 Å². The number of ether oxygens (including phenoxy) is 2. The van der Waals surface area contributed by atoms with Gasteiger partial charge < -0.3 is 24.1 Å². The van der Waals surface area contributed by atoms with Gasteiger partial charge in [0, 0.05) is 18.2 Å². The predicted molar refractivity (Wildman–Crippen MR) is 111 cm³/mol. The van der Waals surface area contributed by atoms with E-state index in [1.807, 2.05) is 0 Å². The third-order valence-electron chi connectivity index (χ3n) is 5.89. The third kappa shape index (κ3) is 5.27. The smallest absolute Gasteiger partial charge is 0.330 e. The van der Waals surface area contributed by atoms with Gasteiger partial charge in [-0.15, -0.1) is 0 Å². The summed E-state index contributed by atoms with van der Waals surface area (Å²) in [4.78, 5) is 37.8. The van der Waals surface area contributed by atoms with Crippen molar-refractivity contribution in [1.29, 1.82) is 0 Å². The minimum atomic E-state index is -2.11. The van der Waals surface area contributed by atoms with E-state index >= 15 is 0 Å². The molecule has 30 heavy (non-hydrogen) atoms. The summed E-state index contributed by atoms with van der Waals surface area (Å²) < 4.78 is 17.4. The summed E-state index contributed by atoms with van der Waals surface area (Å²) in [6.45, 7) is 10.4. The van der Waals surface area contributed by atoms with Crippen molar-refractivity contribution < 1.29 is 28.9 Å². The molecule has 4 atom stereocenters. The number of aromatic amines is 1. The van der Waals surface area contributed by atoms with Crippen molar-refractivity contribution in [2.24, 2.45) is 0 Å². The van der Waals surface area contributed by atoms with Gasteiger partial charge in [-0.25, -0.2) is 4.79 Å². The molecule has 0 amide bonds. The van der Waals surface area contributed by atoms with E-state index in [2.05, 4.69) is 43.6 Å². The molecular formula is C19H32N2O8Si. The summed E-state index contributed by atoms with van der Waals surface area (Å²) in [7, 11) is -0.871. The molecule has 1 fully saturated rings. The van der Waals surface area contributed by atoms with Crippen molar-refractivity contribution in [2.75, 3.05) is 13.7 Å². The molecule has 1 saturated heterocycles. The highest BCUT2D eigenvalue weighted by Crippen LogP contribution is 2.37. The Hall–Kier alpha value is -1.79. The van der Waals surface area contributed by atoms with Crippen LogP contribution in [-0.2, 0) is 25.1 Å². The molecule has 0 radical (unpaired) electrons. The van der Waals surface area contributed by atoms with E-state index < -0.39 is 50.1 Å². The van der Waals surface area contributed by atoms with Crippen LogP contribution < -0.4 is 11.2 Å². The number of carbonyl (C=O) groups excluding carboxylic acids is 1. The molecule has 10 nitrogen and oxygen atoms in total. The molecule has 0 bridgehead atoms. The fourth-order valence-corrected chi connectivity index (χ4v) is 3.85. The van der Waals surface area contributed by atoms with Crippen LogP contribution in [0, 0.1) is 0 Å². The predicted octanol–water partition coefficient (Wildman–Crippen LogP) is 0.283. The third-order valence-corrected chi connectivity index (χ3v) is 10.4. The van der Waals surface area contributed by atoms with Crippen molar-refractivity contribution in [3.05, 3.63) is 32.6 Å². The maximum Gasteiger partial charge on any atom is 0.330 e. The van der Waals surface area contributed by atoms with Crippen LogP contribution in [0.1, 0.15) is 39.0 Å². The van der Waals surface area contributed by atoms with Gasteiger partial charge in [0.25, 0.3) is 5.56 Å². The monoisotopic (exact) mass is 444 g/mol. The number of hydrogen-bond donors (Lipinski definition) is 3. The number of hydrogen-bond acceptors (Lipinski definition) is 8. The van der Waals surface area contributed by atoms with E-state index in [0.717, 1.165) is 4.57 Å². The molecule has 0 aromatic carbocycles. The van der Waals surface area contributed by atoms with Crippen molar-refractivity contribution in [3.8, 4) is 0 Å². The Morgan fingerprint density at radius 2 is 1.90 bits per heavy atom. The number of H-pyrrole nitrogens is 1. The summed E-state index contributed by atoms with van der Waals surface area (Å²) >= 11 is 0. The Morgan fingerprint density at radius 1 is 1.27 bits per heavy atom. The zero-order chi connectivity index (χ0) is 22.9. The highest BCUT2D eigenvalue weighted by atomic mass is 28.4. The molecule has 11 heteroatoms. The van der Waals surface area contributed by atoms with Crippen LogP contribution in [0.3, 0.4) is 0 Å². The SMILES string of the molecule is COC(=O)CCc1cn([C@@H]2O[C@H](CO[Si](C)(C)C(C)(C)C)[C@@H](O)[C@H]2O)c(=O)[nH]c1=O. The highest BCUT2D eigenvalue weighted by molar-refractivity contribution is 6.74. The number of aliphatic hydroxyl groups excluding tert-OH is 2. The first-order valence-electron chi connectivity index (χ1n) is 9.85. The van der Waals surface area contributed by atoms with Gasteiger partial charge in [-0.05, 0) is 24.6 Å². The minimum absolute atomic E-state index is 0.0427. The molecule has 1 aromatic heterocycles. The molecule has 1 aromatic rings. The van der Waals surface area contributed by atoms with Crippen LogP contribution in [0.4, 0.5) is 0 Å². The van der Waals surface area contributed by atoms with Gasteiger partial charge in [0.05, 0.1) is 13.7 Å². The highest BCUT2D eigenvalue weighted by Gasteiger charge is 2.46. The standard InChI is InChI=1S/C19H32N2O8Si/c1-19(2,3)30(5,6)28-10-12-14(23)15(24)17(29-12)21-9-11(7-8-13(22)27-4)16(25)20-18(21)26/h9,12,14-15,17,23-24H,7-8,10H2,1-6H3,(H,20,25,26)/t12-,14-,15-,17-/m1/s1. The number of nitrogens with zero attached hydrogens (tertiary/aromatic N) is 1. The zero-order valence-electron chi connectivity index (χ0n) is 18.3. The maximum absolute atomic E-state index is 12.3. The van der Waals surface area contributed by atoms with Crippen LogP contribution in [0.2, 0.25) is 18.1 Å². The molecule has 170 valence electrons. The minimum Gasteiger partial charge on any atom is -0.469 e. The van der Waals surface area contributed by atoms with Gasteiger partial charge in [0.15, 0.2) is 14.5 Å². The summed E-state index contributed by atoms with van der Waals surface area (Å²) in [6.07, 6.45) is -3.46. The van der Waals surface area contributed by atoms with Gasteiger partial charge in [-0.3, -0.25) is 19.1 Å². The van der Waals surface area contributed by atoms with Gasteiger partial charge in [0.2, 0.25) is 0 Å². The van der Waals surface area contributed by atoms with Crippen LogP contribution in [0.25, 0.3) is 0 Å².